The molecular weight excluding hydrogens is 368 g/mol. The summed E-state index contributed by atoms with van der Waals surface area (Å²) in [5, 5.41) is 3.33. The quantitative estimate of drug-likeness (QED) is 0.343. The number of ether oxygens (including phenoxy) is 1. The number of fused-ring (bicyclic) bond motifs is 1. The Morgan fingerprint density at radius 3 is 2.38 bits per heavy atom. The van der Waals surface area contributed by atoms with Crippen LogP contribution in [0.15, 0.2) is 29.3 Å². The summed E-state index contributed by atoms with van der Waals surface area (Å²) in [4.78, 5) is 33.1. The lowest BCUT2D eigenvalue weighted by atomic mass is 9.97. The second-order valence-electron chi connectivity index (χ2n) is 7.64. The number of nitrogens with one attached hydrogen (secondary N) is 1. The Morgan fingerprint density at radius 2 is 1.79 bits per heavy atom. The Bertz CT molecular complexity index is 716. The highest BCUT2D eigenvalue weighted by Crippen LogP contribution is 2.23. The molecule has 0 bridgehead atoms. The van der Waals surface area contributed by atoms with Crippen LogP contribution in [0.1, 0.15) is 43.7 Å². The lowest BCUT2D eigenvalue weighted by molar-refractivity contribution is -0.146. The number of nitrogens with zero attached hydrogens (tertiary/aromatic N) is 3. The normalized spacial score (nSPS) is 17.2. The van der Waals surface area contributed by atoms with E-state index >= 15 is 0 Å². The fourth-order valence-corrected chi connectivity index (χ4v) is 4.00. The molecule has 0 aromatic heterocycles. The number of benzene rings is 1. The van der Waals surface area contributed by atoms with E-state index in [0.717, 1.165) is 57.9 Å². The molecule has 0 spiro atoms. The molecule has 1 aromatic carbocycles. The summed E-state index contributed by atoms with van der Waals surface area (Å²) in [6.45, 7) is 6.47. The molecule has 0 atom stereocenters. The molecule has 0 radical (unpaired) electrons. The van der Waals surface area contributed by atoms with Crippen LogP contribution in [0.2, 0.25) is 0 Å². The first-order valence-electron chi connectivity index (χ1n) is 10.6. The zero-order valence-electron chi connectivity index (χ0n) is 17.5. The predicted octanol–water partition coefficient (Wildman–Crippen LogP) is 2.16. The van der Waals surface area contributed by atoms with Gasteiger partial charge in [0.1, 0.15) is 0 Å². The minimum Gasteiger partial charge on any atom is -0.469 e. The number of esters is 1. The molecule has 2 aliphatic heterocycles. The number of likely N-dealkylation sites (tertiary alicyclic amines) is 1. The van der Waals surface area contributed by atoms with Gasteiger partial charge in [0.2, 0.25) is 5.91 Å². The van der Waals surface area contributed by atoms with E-state index in [1.54, 1.807) is 0 Å². The van der Waals surface area contributed by atoms with Crippen molar-refractivity contribution < 1.29 is 14.3 Å². The molecule has 29 heavy (non-hydrogen) atoms. The molecule has 158 valence electrons. The van der Waals surface area contributed by atoms with Crippen LogP contribution in [0.4, 0.5) is 0 Å². The molecule has 1 N–H and O–H groups in total. The van der Waals surface area contributed by atoms with Gasteiger partial charge in [-0.15, -0.1) is 0 Å². The SMILES string of the molecule is CCNC(=NCCCC(=O)N1Cc2ccccc2C1)N1CCC(C(=O)OC)CC1. The van der Waals surface area contributed by atoms with Crippen molar-refractivity contribution in [3.05, 3.63) is 35.4 Å². The number of aliphatic imine (C=N–C) groups is 1. The van der Waals surface area contributed by atoms with Gasteiger partial charge in [0.05, 0.1) is 13.0 Å². The van der Waals surface area contributed by atoms with Crippen molar-refractivity contribution >= 4 is 17.8 Å². The first kappa shape index (κ1) is 21.1. The van der Waals surface area contributed by atoms with E-state index in [1.165, 1.54) is 18.2 Å². The maximum absolute atomic E-state index is 12.5. The topological polar surface area (TPSA) is 74.2 Å². The van der Waals surface area contributed by atoms with Gasteiger partial charge < -0.3 is 19.9 Å². The largest absolute Gasteiger partial charge is 0.469 e. The monoisotopic (exact) mass is 400 g/mol. The maximum atomic E-state index is 12.5. The van der Waals surface area contributed by atoms with E-state index in [0.29, 0.717) is 13.0 Å². The molecule has 7 nitrogen and oxygen atoms in total. The zero-order chi connectivity index (χ0) is 20.6. The number of hydrogen-bond donors (Lipinski definition) is 1. The van der Waals surface area contributed by atoms with E-state index in [9.17, 15) is 9.59 Å². The highest BCUT2D eigenvalue weighted by molar-refractivity contribution is 5.81. The first-order chi connectivity index (χ1) is 14.1. The Kier molecular flexibility index (Phi) is 7.49. The predicted molar refractivity (Wildman–Crippen MR) is 112 cm³/mol. The van der Waals surface area contributed by atoms with E-state index in [1.807, 2.05) is 24.0 Å². The summed E-state index contributed by atoms with van der Waals surface area (Å²) < 4.78 is 4.86. The lowest BCUT2D eigenvalue weighted by Crippen LogP contribution is -2.46. The zero-order valence-corrected chi connectivity index (χ0v) is 17.5. The molecule has 1 fully saturated rings. The molecule has 7 heteroatoms. The molecule has 0 aliphatic carbocycles. The number of methoxy groups -OCH3 is 1. The number of guanidine groups is 1. The van der Waals surface area contributed by atoms with E-state index in [4.69, 9.17) is 9.73 Å². The van der Waals surface area contributed by atoms with Gasteiger partial charge in [-0.1, -0.05) is 24.3 Å². The van der Waals surface area contributed by atoms with Crippen molar-refractivity contribution in [3.8, 4) is 0 Å². The summed E-state index contributed by atoms with van der Waals surface area (Å²) in [6.07, 6.45) is 2.82. The van der Waals surface area contributed by atoms with Crippen LogP contribution in [-0.4, -0.2) is 60.9 Å². The van der Waals surface area contributed by atoms with Crippen molar-refractivity contribution in [1.29, 1.82) is 0 Å². The fourth-order valence-electron chi connectivity index (χ4n) is 4.00. The Labute approximate surface area is 173 Å². The number of hydrogen-bond acceptors (Lipinski definition) is 4. The van der Waals surface area contributed by atoms with Crippen molar-refractivity contribution in [2.45, 2.75) is 45.7 Å². The molecular formula is C22H32N4O3. The number of rotatable bonds is 6. The molecule has 2 aliphatic rings. The Hall–Kier alpha value is -2.57. The van der Waals surface area contributed by atoms with Crippen molar-refractivity contribution in [2.24, 2.45) is 10.9 Å². The average molecular weight is 401 g/mol. The highest BCUT2D eigenvalue weighted by Gasteiger charge is 2.27. The van der Waals surface area contributed by atoms with Crippen molar-refractivity contribution in [1.82, 2.24) is 15.1 Å². The van der Waals surface area contributed by atoms with Crippen LogP contribution in [0.3, 0.4) is 0 Å². The third-order valence-electron chi connectivity index (χ3n) is 5.67. The summed E-state index contributed by atoms with van der Waals surface area (Å²) in [5.74, 6) is 0.938. The van der Waals surface area contributed by atoms with Crippen molar-refractivity contribution in [3.63, 3.8) is 0 Å². The highest BCUT2D eigenvalue weighted by atomic mass is 16.5. The summed E-state index contributed by atoms with van der Waals surface area (Å²) in [5.41, 5.74) is 2.51. The third-order valence-corrected chi connectivity index (χ3v) is 5.67. The van der Waals surface area contributed by atoms with Gasteiger partial charge in [0, 0.05) is 45.7 Å². The Balaban J connectivity index is 1.44. The van der Waals surface area contributed by atoms with E-state index in [-0.39, 0.29) is 17.8 Å². The molecule has 2 heterocycles. The molecule has 0 saturated carbocycles. The summed E-state index contributed by atoms with van der Waals surface area (Å²) >= 11 is 0. The standard InChI is InChI=1S/C22H32N4O3/c1-3-23-22(25-13-10-17(11-14-25)21(28)29-2)24-12-6-9-20(27)26-15-18-7-4-5-8-19(18)16-26/h4-5,7-8,17H,3,6,9-16H2,1-2H3,(H,23,24). The van der Waals surface area contributed by atoms with Gasteiger partial charge in [-0.2, -0.15) is 0 Å². The minimum absolute atomic E-state index is 0.0127. The molecule has 1 amide bonds. The van der Waals surface area contributed by atoms with Crippen LogP contribution in [-0.2, 0) is 27.4 Å². The number of carbonyl (C=O) groups is 2. The maximum Gasteiger partial charge on any atom is 0.308 e. The average Bonchev–Trinajstić information content (AvgIpc) is 3.20. The molecule has 3 rings (SSSR count). The van der Waals surface area contributed by atoms with E-state index in [2.05, 4.69) is 22.3 Å². The number of piperidine rings is 1. The van der Waals surface area contributed by atoms with Gasteiger partial charge in [-0.3, -0.25) is 14.6 Å². The van der Waals surface area contributed by atoms with Crippen LogP contribution >= 0.6 is 0 Å². The van der Waals surface area contributed by atoms with Gasteiger partial charge in [-0.05, 0) is 37.3 Å². The van der Waals surface area contributed by atoms with Crippen LogP contribution in [0.5, 0.6) is 0 Å². The fraction of sp³-hybridized carbons (Fsp3) is 0.591. The van der Waals surface area contributed by atoms with Crippen LogP contribution < -0.4 is 5.32 Å². The summed E-state index contributed by atoms with van der Waals surface area (Å²) in [6, 6.07) is 8.24. The number of carbonyl (C=O) groups excluding carboxylic acids is 2. The lowest BCUT2D eigenvalue weighted by Gasteiger charge is -2.33. The molecule has 0 unspecified atom stereocenters. The second kappa shape index (κ2) is 10.3. The van der Waals surface area contributed by atoms with Gasteiger partial charge in [0.25, 0.3) is 0 Å². The van der Waals surface area contributed by atoms with E-state index < -0.39 is 0 Å². The van der Waals surface area contributed by atoms with Crippen molar-refractivity contribution in [2.75, 3.05) is 33.3 Å². The second-order valence-corrected chi connectivity index (χ2v) is 7.64. The smallest absolute Gasteiger partial charge is 0.308 e. The van der Waals surface area contributed by atoms with Gasteiger partial charge >= 0.3 is 5.97 Å². The first-order valence-corrected chi connectivity index (χ1v) is 10.6. The molecule has 1 aromatic rings. The Morgan fingerprint density at radius 1 is 1.14 bits per heavy atom. The number of amides is 1. The van der Waals surface area contributed by atoms with Crippen LogP contribution in [0, 0.1) is 5.92 Å². The summed E-state index contributed by atoms with van der Waals surface area (Å²) in [7, 11) is 1.45. The minimum atomic E-state index is -0.117. The van der Waals surface area contributed by atoms with Crippen LogP contribution in [0.25, 0.3) is 0 Å². The van der Waals surface area contributed by atoms with Gasteiger partial charge in [-0.25, -0.2) is 0 Å². The third kappa shape index (κ3) is 5.49. The van der Waals surface area contributed by atoms with Gasteiger partial charge in [0.15, 0.2) is 5.96 Å². The molecule has 1 saturated heterocycles.